The van der Waals surface area contributed by atoms with Crippen molar-refractivity contribution in [3.05, 3.63) is 18.0 Å². The monoisotopic (exact) mass is 193 g/mol. The fourth-order valence-corrected chi connectivity index (χ4v) is 1.24. The maximum absolute atomic E-state index is 5.00. The van der Waals surface area contributed by atoms with Gasteiger partial charge in [-0.3, -0.25) is 0 Å². The van der Waals surface area contributed by atoms with Crippen molar-refractivity contribution in [3.63, 3.8) is 0 Å². The first-order valence-corrected chi connectivity index (χ1v) is 4.22. The Balaban J connectivity index is 2.43. The minimum absolute atomic E-state index is 0.457. The van der Waals surface area contributed by atoms with Crippen molar-refractivity contribution in [1.29, 1.82) is 0 Å². The van der Waals surface area contributed by atoms with E-state index in [1.807, 2.05) is 6.07 Å². The summed E-state index contributed by atoms with van der Waals surface area (Å²) < 4.78 is 9.96. The summed E-state index contributed by atoms with van der Waals surface area (Å²) in [7, 11) is 3.21. The summed E-state index contributed by atoms with van der Waals surface area (Å²) in [5.41, 5.74) is 1.54. The summed E-state index contributed by atoms with van der Waals surface area (Å²) in [6, 6.07) is 3.67. The van der Waals surface area contributed by atoms with Gasteiger partial charge in [0.15, 0.2) is 5.65 Å². The molecule has 0 aliphatic carbocycles. The van der Waals surface area contributed by atoms with Crippen LogP contribution in [0.25, 0.3) is 11.2 Å². The molecule has 2 aromatic heterocycles. The van der Waals surface area contributed by atoms with Crippen LogP contribution in [0.5, 0.6) is 5.88 Å². The predicted octanol–water partition coefficient (Wildman–Crippen LogP) is 1.11. The van der Waals surface area contributed by atoms with Crippen molar-refractivity contribution in [2.75, 3.05) is 14.2 Å². The standard InChI is InChI=1S/C9H11N3O2/c1-13-5-7-10-6-3-4-8(14-2)12-9(6)11-7/h3-4H,5H2,1-2H3,(H,10,11,12). The molecule has 1 N–H and O–H groups in total. The molecule has 2 heterocycles. The van der Waals surface area contributed by atoms with Crippen LogP contribution in [0.15, 0.2) is 12.1 Å². The largest absolute Gasteiger partial charge is 0.481 e. The van der Waals surface area contributed by atoms with Crippen LogP contribution in [0.2, 0.25) is 0 Å². The highest BCUT2D eigenvalue weighted by atomic mass is 16.5. The van der Waals surface area contributed by atoms with Gasteiger partial charge in [0.2, 0.25) is 5.88 Å². The van der Waals surface area contributed by atoms with Crippen molar-refractivity contribution in [2.45, 2.75) is 6.61 Å². The number of imidazole rings is 1. The zero-order valence-corrected chi connectivity index (χ0v) is 8.07. The lowest BCUT2D eigenvalue weighted by molar-refractivity contribution is 0.179. The molecule has 0 saturated carbocycles. The van der Waals surface area contributed by atoms with Gasteiger partial charge in [-0.25, -0.2) is 4.98 Å². The number of hydrogen-bond donors (Lipinski definition) is 1. The molecule has 0 amide bonds. The van der Waals surface area contributed by atoms with Crippen LogP contribution in [-0.4, -0.2) is 29.2 Å². The van der Waals surface area contributed by atoms with Crippen LogP contribution >= 0.6 is 0 Å². The topological polar surface area (TPSA) is 60.0 Å². The van der Waals surface area contributed by atoms with E-state index in [4.69, 9.17) is 9.47 Å². The number of fused-ring (bicyclic) bond motifs is 1. The molecule has 0 unspecified atom stereocenters. The molecule has 74 valence electrons. The first-order valence-electron chi connectivity index (χ1n) is 4.22. The van der Waals surface area contributed by atoms with E-state index in [0.29, 0.717) is 18.1 Å². The van der Waals surface area contributed by atoms with Crippen LogP contribution < -0.4 is 4.74 Å². The highest BCUT2D eigenvalue weighted by Crippen LogP contribution is 2.14. The van der Waals surface area contributed by atoms with E-state index in [1.165, 1.54) is 0 Å². The zero-order chi connectivity index (χ0) is 9.97. The highest BCUT2D eigenvalue weighted by Gasteiger charge is 2.04. The van der Waals surface area contributed by atoms with Crippen LogP contribution in [0.4, 0.5) is 0 Å². The molecule has 5 nitrogen and oxygen atoms in total. The summed E-state index contributed by atoms with van der Waals surface area (Å²) in [6.07, 6.45) is 0. The van der Waals surface area contributed by atoms with E-state index >= 15 is 0 Å². The van der Waals surface area contributed by atoms with Crippen LogP contribution in [0.1, 0.15) is 5.82 Å². The molecule has 0 saturated heterocycles. The Bertz CT molecular complexity index is 439. The van der Waals surface area contributed by atoms with Crippen LogP contribution in [0, 0.1) is 0 Å². The lowest BCUT2D eigenvalue weighted by Gasteiger charge is -1.95. The number of methoxy groups -OCH3 is 2. The Hall–Kier alpha value is -1.62. The second-order valence-corrected chi connectivity index (χ2v) is 2.84. The van der Waals surface area contributed by atoms with E-state index in [0.717, 1.165) is 11.3 Å². The lowest BCUT2D eigenvalue weighted by atomic mass is 10.4. The summed E-state index contributed by atoms with van der Waals surface area (Å²) in [5, 5.41) is 0. The molecule has 0 fully saturated rings. The van der Waals surface area contributed by atoms with Gasteiger partial charge in [-0.15, -0.1) is 0 Å². The third-order valence-electron chi connectivity index (χ3n) is 1.86. The second kappa shape index (κ2) is 3.63. The Morgan fingerprint density at radius 3 is 2.86 bits per heavy atom. The predicted molar refractivity (Wildman–Crippen MR) is 51.2 cm³/mol. The van der Waals surface area contributed by atoms with Gasteiger partial charge in [0.25, 0.3) is 0 Å². The molecule has 14 heavy (non-hydrogen) atoms. The number of aromatic nitrogens is 3. The summed E-state index contributed by atoms with van der Waals surface area (Å²) >= 11 is 0. The van der Waals surface area contributed by atoms with E-state index in [9.17, 15) is 0 Å². The van der Waals surface area contributed by atoms with Crippen LogP contribution in [-0.2, 0) is 11.3 Å². The second-order valence-electron chi connectivity index (χ2n) is 2.84. The first kappa shape index (κ1) is 8.96. The van der Waals surface area contributed by atoms with Gasteiger partial charge in [0.1, 0.15) is 12.4 Å². The Kier molecular flexibility index (Phi) is 2.32. The molecule has 2 rings (SSSR count). The van der Waals surface area contributed by atoms with Crippen molar-refractivity contribution in [3.8, 4) is 5.88 Å². The SMILES string of the molecule is COCc1nc2nc(OC)ccc2[nH]1. The fraction of sp³-hybridized carbons (Fsp3) is 0.333. The summed E-state index contributed by atoms with van der Waals surface area (Å²) in [6.45, 7) is 0.457. The number of nitrogens with one attached hydrogen (secondary N) is 1. The number of rotatable bonds is 3. The van der Waals surface area contributed by atoms with Gasteiger partial charge in [0.05, 0.1) is 12.6 Å². The third kappa shape index (κ3) is 1.54. The maximum Gasteiger partial charge on any atom is 0.215 e. The average Bonchev–Trinajstić information content (AvgIpc) is 2.59. The third-order valence-corrected chi connectivity index (χ3v) is 1.86. The van der Waals surface area contributed by atoms with Crippen molar-refractivity contribution < 1.29 is 9.47 Å². The number of hydrogen-bond acceptors (Lipinski definition) is 4. The molecular weight excluding hydrogens is 182 g/mol. The molecule has 0 aliphatic heterocycles. The average molecular weight is 193 g/mol. The molecule has 0 aliphatic rings. The molecule has 2 aromatic rings. The fourth-order valence-electron chi connectivity index (χ4n) is 1.24. The number of H-pyrrole nitrogens is 1. The Labute approximate surface area is 81.1 Å². The van der Waals surface area contributed by atoms with Crippen LogP contribution in [0.3, 0.4) is 0 Å². The van der Waals surface area contributed by atoms with Gasteiger partial charge in [-0.05, 0) is 6.07 Å². The molecule has 0 spiro atoms. The summed E-state index contributed by atoms with van der Waals surface area (Å²) in [5.74, 6) is 1.33. The quantitative estimate of drug-likeness (QED) is 0.793. The normalized spacial score (nSPS) is 10.7. The van der Waals surface area contributed by atoms with Gasteiger partial charge in [-0.1, -0.05) is 0 Å². The molecule has 0 bridgehead atoms. The van der Waals surface area contributed by atoms with E-state index < -0.39 is 0 Å². The number of pyridine rings is 1. The minimum atomic E-state index is 0.457. The molecule has 0 aromatic carbocycles. The smallest absolute Gasteiger partial charge is 0.215 e. The van der Waals surface area contributed by atoms with Crippen molar-refractivity contribution in [2.24, 2.45) is 0 Å². The van der Waals surface area contributed by atoms with Gasteiger partial charge >= 0.3 is 0 Å². The van der Waals surface area contributed by atoms with Gasteiger partial charge in [0, 0.05) is 13.2 Å². The Morgan fingerprint density at radius 1 is 1.29 bits per heavy atom. The minimum Gasteiger partial charge on any atom is -0.481 e. The number of nitrogens with zero attached hydrogens (tertiary/aromatic N) is 2. The first-order chi connectivity index (χ1) is 6.83. The molecule has 0 radical (unpaired) electrons. The van der Waals surface area contributed by atoms with E-state index in [-0.39, 0.29) is 0 Å². The molecule has 5 heteroatoms. The molecular formula is C9H11N3O2. The highest BCUT2D eigenvalue weighted by molar-refractivity contribution is 5.71. The maximum atomic E-state index is 5.00. The summed E-state index contributed by atoms with van der Waals surface area (Å²) in [4.78, 5) is 11.5. The Morgan fingerprint density at radius 2 is 2.14 bits per heavy atom. The van der Waals surface area contributed by atoms with E-state index in [1.54, 1.807) is 20.3 Å². The number of aromatic amines is 1. The molecule has 0 atom stereocenters. The van der Waals surface area contributed by atoms with Crippen molar-refractivity contribution >= 4 is 11.2 Å². The van der Waals surface area contributed by atoms with Gasteiger partial charge < -0.3 is 14.5 Å². The van der Waals surface area contributed by atoms with Crippen molar-refractivity contribution in [1.82, 2.24) is 15.0 Å². The van der Waals surface area contributed by atoms with Gasteiger partial charge in [-0.2, -0.15) is 4.98 Å². The number of ether oxygens (including phenoxy) is 2. The van der Waals surface area contributed by atoms with E-state index in [2.05, 4.69) is 15.0 Å². The zero-order valence-electron chi connectivity index (χ0n) is 8.07. The lowest BCUT2D eigenvalue weighted by Crippen LogP contribution is -1.89.